The van der Waals surface area contributed by atoms with E-state index in [4.69, 9.17) is 10.5 Å². The molecule has 1 unspecified atom stereocenters. The summed E-state index contributed by atoms with van der Waals surface area (Å²) in [6, 6.07) is -0.216. The molecule has 8 nitrogen and oxygen atoms in total. The van der Waals surface area contributed by atoms with Crippen molar-refractivity contribution in [2.45, 2.75) is 18.9 Å². The summed E-state index contributed by atoms with van der Waals surface area (Å²) in [6.45, 7) is 0.708. The van der Waals surface area contributed by atoms with Crippen molar-refractivity contribution in [2.24, 2.45) is 0 Å². The third-order valence-corrected chi connectivity index (χ3v) is 2.40. The van der Waals surface area contributed by atoms with E-state index in [1.54, 1.807) is 0 Å². The zero-order chi connectivity index (χ0) is 12.3. The SMILES string of the molecule is COc1nc(N)nc(NC2CCCNC2=O)n1. The van der Waals surface area contributed by atoms with Crippen LogP contribution in [0.15, 0.2) is 0 Å². The van der Waals surface area contributed by atoms with Crippen molar-refractivity contribution in [3.05, 3.63) is 0 Å². The van der Waals surface area contributed by atoms with Crippen LogP contribution < -0.4 is 21.1 Å². The molecule has 0 bridgehead atoms. The molecule has 0 aliphatic carbocycles. The summed E-state index contributed by atoms with van der Waals surface area (Å²) < 4.78 is 4.87. The summed E-state index contributed by atoms with van der Waals surface area (Å²) in [6.07, 6.45) is 1.65. The molecule has 1 aromatic heterocycles. The Morgan fingerprint density at radius 1 is 1.47 bits per heavy atom. The van der Waals surface area contributed by atoms with Crippen molar-refractivity contribution in [3.8, 4) is 6.01 Å². The Balaban J connectivity index is 2.11. The Bertz CT molecular complexity index is 424. The zero-order valence-electron chi connectivity index (χ0n) is 9.43. The van der Waals surface area contributed by atoms with Crippen molar-refractivity contribution in [2.75, 3.05) is 24.7 Å². The fraction of sp³-hybridized carbons (Fsp3) is 0.556. The molecule has 1 atom stereocenters. The van der Waals surface area contributed by atoms with Crippen LogP contribution >= 0.6 is 0 Å². The maximum atomic E-state index is 11.5. The highest BCUT2D eigenvalue weighted by Gasteiger charge is 2.22. The van der Waals surface area contributed by atoms with Crippen molar-refractivity contribution < 1.29 is 9.53 Å². The van der Waals surface area contributed by atoms with Crippen LogP contribution in [0.4, 0.5) is 11.9 Å². The molecular weight excluding hydrogens is 224 g/mol. The molecule has 2 heterocycles. The van der Waals surface area contributed by atoms with E-state index in [2.05, 4.69) is 25.6 Å². The summed E-state index contributed by atoms with van der Waals surface area (Å²) in [5.74, 6) is 0.237. The second-order valence-electron chi connectivity index (χ2n) is 3.63. The molecule has 1 aliphatic rings. The first-order chi connectivity index (χ1) is 8.19. The summed E-state index contributed by atoms with van der Waals surface area (Å²) in [7, 11) is 1.44. The van der Waals surface area contributed by atoms with E-state index in [-0.39, 0.29) is 29.9 Å². The lowest BCUT2D eigenvalue weighted by atomic mass is 10.1. The summed E-state index contributed by atoms with van der Waals surface area (Å²) in [4.78, 5) is 23.1. The first-order valence-corrected chi connectivity index (χ1v) is 5.29. The maximum Gasteiger partial charge on any atom is 0.322 e. The van der Waals surface area contributed by atoms with Crippen LogP contribution in [0.2, 0.25) is 0 Å². The van der Waals surface area contributed by atoms with Crippen molar-refractivity contribution >= 4 is 17.8 Å². The monoisotopic (exact) mass is 238 g/mol. The minimum absolute atomic E-state index is 0.0515. The molecule has 2 rings (SSSR count). The first-order valence-electron chi connectivity index (χ1n) is 5.29. The Labute approximate surface area is 98.0 Å². The summed E-state index contributed by atoms with van der Waals surface area (Å²) in [5.41, 5.74) is 5.49. The van der Waals surface area contributed by atoms with Crippen LogP contribution in [0.3, 0.4) is 0 Å². The number of ether oxygens (including phenoxy) is 1. The molecular formula is C9H14N6O2. The van der Waals surface area contributed by atoms with Gasteiger partial charge in [-0.05, 0) is 12.8 Å². The average Bonchev–Trinajstić information content (AvgIpc) is 2.31. The van der Waals surface area contributed by atoms with Crippen molar-refractivity contribution in [3.63, 3.8) is 0 Å². The Kier molecular flexibility index (Phi) is 3.22. The summed E-state index contributed by atoms with van der Waals surface area (Å²) in [5, 5.41) is 5.67. The lowest BCUT2D eigenvalue weighted by Crippen LogP contribution is -2.44. The number of aromatic nitrogens is 3. The number of methoxy groups -OCH3 is 1. The molecule has 92 valence electrons. The molecule has 0 spiro atoms. The van der Waals surface area contributed by atoms with E-state index in [1.165, 1.54) is 7.11 Å². The fourth-order valence-corrected chi connectivity index (χ4v) is 1.59. The van der Waals surface area contributed by atoms with Gasteiger partial charge in [-0.25, -0.2) is 0 Å². The Morgan fingerprint density at radius 3 is 3.00 bits per heavy atom. The van der Waals surface area contributed by atoms with Gasteiger partial charge in [0.1, 0.15) is 6.04 Å². The normalized spacial score (nSPS) is 19.6. The van der Waals surface area contributed by atoms with Gasteiger partial charge in [-0.3, -0.25) is 4.79 Å². The molecule has 17 heavy (non-hydrogen) atoms. The van der Waals surface area contributed by atoms with Crippen LogP contribution in [0.25, 0.3) is 0 Å². The third-order valence-electron chi connectivity index (χ3n) is 2.40. The molecule has 0 radical (unpaired) electrons. The molecule has 1 amide bonds. The van der Waals surface area contributed by atoms with Gasteiger partial charge in [0.2, 0.25) is 17.8 Å². The van der Waals surface area contributed by atoms with Gasteiger partial charge in [-0.1, -0.05) is 0 Å². The number of nitrogen functional groups attached to an aromatic ring is 1. The highest BCUT2D eigenvalue weighted by atomic mass is 16.5. The van der Waals surface area contributed by atoms with Gasteiger partial charge in [0.15, 0.2) is 0 Å². The quantitative estimate of drug-likeness (QED) is 0.628. The van der Waals surface area contributed by atoms with Gasteiger partial charge in [0.25, 0.3) is 0 Å². The lowest BCUT2D eigenvalue weighted by Gasteiger charge is -2.22. The fourth-order valence-electron chi connectivity index (χ4n) is 1.59. The number of nitrogens with one attached hydrogen (secondary N) is 2. The molecule has 1 aromatic rings. The van der Waals surface area contributed by atoms with Gasteiger partial charge in [-0.2, -0.15) is 15.0 Å². The average molecular weight is 238 g/mol. The van der Waals surface area contributed by atoms with E-state index >= 15 is 0 Å². The van der Waals surface area contributed by atoms with Crippen LogP contribution in [0.5, 0.6) is 6.01 Å². The number of hydrogen-bond donors (Lipinski definition) is 3. The lowest BCUT2D eigenvalue weighted by molar-refractivity contribution is -0.123. The molecule has 1 fully saturated rings. The largest absolute Gasteiger partial charge is 0.467 e. The van der Waals surface area contributed by atoms with Crippen LogP contribution in [0, 0.1) is 0 Å². The topological polar surface area (TPSA) is 115 Å². The molecule has 1 saturated heterocycles. The molecule has 1 aliphatic heterocycles. The van der Waals surface area contributed by atoms with E-state index in [0.29, 0.717) is 6.54 Å². The van der Waals surface area contributed by atoms with E-state index in [9.17, 15) is 4.79 Å². The number of carbonyl (C=O) groups is 1. The molecule has 0 saturated carbocycles. The number of hydrogen-bond acceptors (Lipinski definition) is 7. The number of nitrogens with two attached hydrogens (primary N) is 1. The molecule has 4 N–H and O–H groups in total. The minimum atomic E-state index is -0.338. The third kappa shape index (κ3) is 2.71. The van der Waals surface area contributed by atoms with Gasteiger partial charge in [0.05, 0.1) is 7.11 Å². The molecule has 0 aromatic carbocycles. The minimum Gasteiger partial charge on any atom is -0.467 e. The van der Waals surface area contributed by atoms with Gasteiger partial charge in [-0.15, -0.1) is 0 Å². The van der Waals surface area contributed by atoms with E-state index in [0.717, 1.165) is 12.8 Å². The highest BCUT2D eigenvalue weighted by molar-refractivity contribution is 5.84. The Hall–Kier alpha value is -2.12. The second kappa shape index (κ2) is 4.81. The number of carbonyl (C=O) groups excluding carboxylic acids is 1. The summed E-state index contributed by atoms with van der Waals surface area (Å²) >= 11 is 0. The van der Waals surface area contributed by atoms with Crippen LogP contribution in [-0.4, -0.2) is 40.6 Å². The van der Waals surface area contributed by atoms with Crippen LogP contribution in [0.1, 0.15) is 12.8 Å². The van der Waals surface area contributed by atoms with E-state index in [1.807, 2.05) is 0 Å². The van der Waals surface area contributed by atoms with Gasteiger partial charge >= 0.3 is 6.01 Å². The predicted molar refractivity (Wildman–Crippen MR) is 60.4 cm³/mol. The number of rotatable bonds is 3. The molecule has 8 heteroatoms. The predicted octanol–water partition coefficient (Wildman–Crippen LogP) is -0.847. The Morgan fingerprint density at radius 2 is 2.29 bits per heavy atom. The smallest absolute Gasteiger partial charge is 0.322 e. The second-order valence-corrected chi connectivity index (χ2v) is 3.63. The number of anilines is 2. The maximum absolute atomic E-state index is 11.5. The van der Waals surface area contributed by atoms with Crippen molar-refractivity contribution in [1.29, 1.82) is 0 Å². The number of nitrogens with zero attached hydrogens (tertiary/aromatic N) is 3. The zero-order valence-corrected chi connectivity index (χ0v) is 9.43. The van der Waals surface area contributed by atoms with Crippen LogP contribution in [-0.2, 0) is 4.79 Å². The van der Waals surface area contributed by atoms with Gasteiger partial charge < -0.3 is 21.1 Å². The number of piperidine rings is 1. The van der Waals surface area contributed by atoms with Crippen molar-refractivity contribution in [1.82, 2.24) is 20.3 Å². The standard InChI is InChI=1S/C9H14N6O2/c1-17-9-14-7(10)13-8(15-9)12-5-3-2-4-11-6(5)16/h5H,2-4H2,1H3,(H,11,16)(H3,10,12,13,14,15). The first kappa shape index (κ1) is 11.4. The van der Waals surface area contributed by atoms with Gasteiger partial charge in [0, 0.05) is 6.54 Å². The number of amides is 1. The highest BCUT2D eigenvalue weighted by Crippen LogP contribution is 2.12. The van der Waals surface area contributed by atoms with E-state index < -0.39 is 0 Å².